The number of carbonyl (C=O) groups is 1. The molecule has 3 aliphatic rings. The van der Waals surface area contributed by atoms with Crippen molar-refractivity contribution >= 4 is 5.97 Å². The van der Waals surface area contributed by atoms with Crippen LogP contribution in [0.25, 0.3) is 0 Å². The summed E-state index contributed by atoms with van der Waals surface area (Å²) in [5.41, 5.74) is 0.502. The van der Waals surface area contributed by atoms with Crippen molar-refractivity contribution < 1.29 is 9.53 Å². The molecule has 0 aromatic heterocycles. The maximum atomic E-state index is 12.3. The van der Waals surface area contributed by atoms with E-state index < -0.39 is 0 Å². The van der Waals surface area contributed by atoms with E-state index in [1.54, 1.807) is 0 Å². The molecule has 1 saturated heterocycles. The third kappa shape index (κ3) is 2.52. The van der Waals surface area contributed by atoms with Crippen molar-refractivity contribution in [2.45, 2.75) is 65.9 Å². The average molecular weight is 293 g/mol. The van der Waals surface area contributed by atoms with Crippen LogP contribution in [0, 0.1) is 22.7 Å². The maximum absolute atomic E-state index is 12.3. The molecule has 0 aromatic rings. The van der Waals surface area contributed by atoms with E-state index in [0.29, 0.717) is 12.0 Å². The van der Waals surface area contributed by atoms with Gasteiger partial charge in [-0.2, -0.15) is 0 Å². The fraction of sp³-hybridized carbons (Fsp3) is 0.944. The van der Waals surface area contributed by atoms with Gasteiger partial charge in [0.2, 0.25) is 0 Å². The highest BCUT2D eigenvalue weighted by Gasteiger charge is 2.62. The quantitative estimate of drug-likeness (QED) is 0.746. The van der Waals surface area contributed by atoms with Gasteiger partial charge in [-0.15, -0.1) is 0 Å². The molecule has 21 heavy (non-hydrogen) atoms. The van der Waals surface area contributed by atoms with Crippen LogP contribution in [0.1, 0.15) is 59.8 Å². The van der Waals surface area contributed by atoms with Gasteiger partial charge in [-0.05, 0) is 62.4 Å². The van der Waals surface area contributed by atoms with E-state index in [9.17, 15) is 4.79 Å². The summed E-state index contributed by atoms with van der Waals surface area (Å²) >= 11 is 0. The smallest absolute Gasteiger partial charge is 0.320 e. The zero-order valence-corrected chi connectivity index (χ0v) is 14.2. The number of hydrogen-bond donors (Lipinski definition) is 0. The number of nitrogens with zero attached hydrogens (tertiary/aromatic N) is 1. The second-order valence-electron chi connectivity index (χ2n) is 8.55. The topological polar surface area (TPSA) is 29.5 Å². The minimum absolute atomic E-state index is 0.000807. The molecular weight excluding hydrogens is 262 g/mol. The van der Waals surface area contributed by atoms with Crippen LogP contribution in [0.2, 0.25) is 0 Å². The Balaban J connectivity index is 1.54. The molecule has 3 rings (SSSR count). The van der Waals surface area contributed by atoms with E-state index in [4.69, 9.17) is 4.74 Å². The minimum atomic E-state index is -0.000807. The third-order valence-corrected chi connectivity index (χ3v) is 7.22. The number of piperidine rings is 1. The van der Waals surface area contributed by atoms with Gasteiger partial charge in [0.05, 0.1) is 6.54 Å². The Morgan fingerprint density at radius 1 is 1.19 bits per heavy atom. The highest BCUT2D eigenvalue weighted by Crippen LogP contribution is 2.66. The Kier molecular flexibility index (Phi) is 3.84. The molecule has 0 spiro atoms. The summed E-state index contributed by atoms with van der Waals surface area (Å²) < 4.78 is 5.93. The van der Waals surface area contributed by atoms with Gasteiger partial charge in [0.25, 0.3) is 0 Å². The van der Waals surface area contributed by atoms with Crippen molar-refractivity contribution in [2.75, 3.05) is 19.6 Å². The Bertz CT molecular complexity index is 411. The summed E-state index contributed by atoms with van der Waals surface area (Å²) in [6.45, 7) is 12.0. The summed E-state index contributed by atoms with van der Waals surface area (Å²) in [5.74, 6) is 1.54. The lowest BCUT2D eigenvalue weighted by Crippen LogP contribution is -2.42. The molecule has 2 saturated carbocycles. The van der Waals surface area contributed by atoms with Gasteiger partial charge < -0.3 is 4.74 Å². The average Bonchev–Trinajstić information content (AvgIpc) is 2.74. The summed E-state index contributed by atoms with van der Waals surface area (Å²) in [5, 5.41) is 0. The lowest BCUT2D eigenvalue weighted by Gasteiger charge is -2.38. The second kappa shape index (κ2) is 5.26. The van der Waals surface area contributed by atoms with Crippen LogP contribution in [0.4, 0.5) is 0 Å². The first-order valence-corrected chi connectivity index (χ1v) is 8.75. The largest absolute Gasteiger partial charge is 0.461 e. The van der Waals surface area contributed by atoms with Crippen molar-refractivity contribution in [3.8, 4) is 0 Å². The molecule has 3 fully saturated rings. The highest BCUT2D eigenvalue weighted by atomic mass is 16.5. The zero-order valence-electron chi connectivity index (χ0n) is 14.2. The zero-order chi connectivity index (χ0) is 15.3. The van der Waals surface area contributed by atoms with E-state index in [1.807, 2.05) is 0 Å². The lowest BCUT2D eigenvalue weighted by molar-refractivity contribution is -0.158. The van der Waals surface area contributed by atoms with Crippen LogP contribution in [-0.2, 0) is 9.53 Å². The Hall–Kier alpha value is -0.570. The van der Waals surface area contributed by atoms with Crippen molar-refractivity contribution in [3.63, 3.8) is 0 Å². The number of likely N-dealkylation sites (tertiary alicyclic amines) is 1. The van der Waals surface area contributed by atoms with Gasteiger partial charge in [0.1, 0.15) is 6.10 Å². The van der Waals surface area contributed by atoms with E-state index in [1.165, 1.54) is 25.7 Å². The standard InChI is InChI=1S/C18H31NO2/c1-13-6-9-19(10-7-13)12-16(20)21-15-11-14-5-8-18(15,4)17(14,2)3/h13-15H,5-12H2,1-4H3/t14-,15-,18+/m0/s1. The number of esters is 1. The first kappa shape index (κ1) is 15.3. The molecule has 0 amide bonds. The van der Waals surface area contributed by atoms with E-state index >= 15 is 0 Å². The molecule has 2 aliphatic carbocycles. The van der Waals surface area contributed by atoms with Crippen LogP contribution >= 0.6 is 0 Å². The molecule has 0 radical (unpaired) electrons. The predicted octanol–water partition coefficient (Wildman–Crippen LogP) is 3.48. The van der Waals surface area contributed by atoms with Crippen molar-refractivity contribution in [3.05, 3.63) is 0 Å². The molecule has 0 aromatic carbocycles. The SMILES string of the molecule is CC1CCN(CC(=O)O[C@H]2C[C@@H]3CC[C@@]2(C)C3(C)C)CC1. The van der Waals surface area contributed by atoms with Gasteiger partial charge in [-0.3, -0.25) is 9.69 Å². The summed E-state index contributed by atoms with van der Waals surface area (Å²) in [6, 6.07) is 0. The van der Waals surface area contributed by atoms with E-state index in [-0.39, 0.29) is 17.5 Å². The van der Waals surface area contributed by atoms with Crippen molar-refractivity contribution in [1.29, 1.82) is 0 Å². The van der Waals surface area contributed by atoms with Gasteiger partial charge in [-0.25, -0.2) is 0 Å². The Morgan fingerprint density at radius 3 is 2.38 bits per heavy atom. The number of fused-ring (bicyclic) bond motifs is 2. The van der Waals surface area contributed by atoms with E-state index in [0.717, 1.165) is 31.3 Å². The molecule has 1 heterocycles. The van der Waals surface area contributed by atoms with Crippen molar-refractivity contribution in [2.24, 2.45) is 22.7 Å². The Labute approximate surface area is 129 Å². The number of rotatable bonds is 3. The van der Waals surface area contributed by atoms with Gasteiger partial charge in [0.15, 0.2) is 0 Å². The molecule has 1 aliphatic heterocycles. The molecule has 0 unspecified atom stereocenters. The first-order valence-electron chi connectivity index (χ1n) is 8.75. The van der Waals surface area contributed by atoms with Gasteiger partial charge >= 0.3 is 5.97 Å². The summed E-state index contributed by atoms with van der Waals surface area (Å²) in [7, 11) is 0. The lowest BCUT2D eigenvalue weighted by atomic mass is 9.70. The third-order valence-electron chi connectivity index (χ3n) is 7.22. The normalized spacial score (nSPS) is 39.6. The number of carbonyl (C=O) groups excluding carboxylic acids is 1. The van der Waals surface area contributed by atoms with Crippen LogP contribution in [0.5, 0.6) is 0 Å². The van der Waals surface area contributed by atoms with E-state index in [2.05, 4.69) is 32.6 Å². The predicted molar refractivity (Wildman–Crippen MR) is 83.9 cm³/mol. The molecule has 2 bridgehead atoms. The minimum Gasteiger partial charge on any atom is -0.461 e. The van der Waals surface area contributed by atoms with Gasteiger partial charge in [-0.1, -0.05) is 27.7 Å². The molecular formula is C18H31NO2. The molecule has 3 atom stereocenters. The fourth-order valence-corrected chi connectivity index (χ4v) is 4.91. The Morgan fingerprint density at radius 2 is 1.86 bits per heavy atom. The molecule has 120 valence electrons. The van der Waals surface area contributed by atoms with Crippen LogP contribution in [0.3, 0.4) is 0 Å². The number of hydrogen-bond acceptors (Lipinski definition) is 3. The molecule has 3 heteroatoms. The van der Waals surface area contributed by atoms with Crippen molar-refractivity contribution in [1.82, 2.24) is 4.90 Å². The fourth-order valence-electron chi connectivity index (χ4n) is 4.91. The van der Waals surface area contributed by atoms with Crippen LogP contribution in [0.15, 0.2) is 0 Å². The first-order chi connectivity index (χ1) is 9.83. The molecule has 0 N–H and O–H groups in total. The summed E-state index contributed by atoms with van der Waals surface area (Å²) in [4.78, 5) is 14.6. The second-order valence-corrected chi connectivity index (χ2v) is 8.55. The van der Waals surface area contributed by atoms with Crippen LogP contribution < -0.4 is 0 Å². The highest BCUT2D eigenvalue weighted by molar-refractivity contribution is 5.72. The number of ether oxygens (including phenoxy) is 1. The molecule has 3 nitrogen and oxygen atoms in total. The summed E-state index contributed by atoms with van der Waals surface area (Å²) in [6.07, 6.45) is 6.16. The monoisotopic (exact) mass is 293 g/mol. The van der Waals surface area contributed by atoms with Crippen LogP contribution in [-0.4, -0.2) is 36.6 Å². The van der Waals surface area contributed by atoms with Gasteiger partial charge in [0, 0.05) is 5.41 Å². The maximum Gasteiger partial charge on any atom is 0.320 e.